The highest BCUT2D eigenvalue weighted by atomic mass is 16.6. The average molecular weight is 410 g/mol. The van der Waals surface area contributed by atoms with Crippen LogP contribution in [0.1, 0.15) is 47.1 Å². The molecule has 0 bridgehead atoms. The molecule has 0 aliphatic carbocycles. The molecule has 0 unspecified atom stereocenters. The Morgan fingerprint density at radius 3 is 2.40 bits per heavy atom. The van der Waals surface area contributed by atoms with Crippen LogP contribution in [0.3, 0.4) is 0 Å². The van der Waals surface area contributed by atoms with Crippen molar-refractivity contribution >= 4 is 23.8 Å². The molecule has 30 heavy (non-hydrogen) atoms. The molecule has 0 N–H and O–H groups in total. The summed E-state index contributed by atoms with van der Waals surface area (Å²) in [5.41, 5.74) is 0.911. The molecule has 0 radical (unpaired) electrons. The number of methoxy groups -OCH3 is 1. The molecule has 7 heteroatoms. The lowest BCUT2D eigenvalue weighted by atomic mass is 10.1. The first kappa shape index (κ1) is 21.1. The van der Waals surface area contributed by atoms with Crippen molar-refractivity contribution in [2.45, 2.75) is 26.4 Å². The number of Topliss-reactive ketones (excluding diaryl/α,β-unsaturated/α-hetero) is 1. The maximum absolute atomic E-state index is 12.6. The summed E-state index contributed by atoms with van der Waals surface area (Å²) in [6.45, 7) is 5.07. The first-order chi connectivity index (χ1) is 14.2. The van der Waals surface area contributed by atoms with Crippen LogP contribution in [0.4, 0.5) is 0 Å². The second-order valence-corrected chi connectivity index (χ2v) is 7.59. The van der Waals surface area contributed by atoms with Gasteiger partial charge in [0, 0.05) is 6.07 Å². The maximum Gasteiger partial charge on any atom is 0.344 e. The third-order valence-electron chi connectivity index (χ3n) is 4.05. The quantitative estimate of drug-likeness (QED) is 0.547. The van der Waals surface area contributed by atoms with Gasteiger partial charge in [0.1, 0.15) is 17.1 Å². The lowest BCUT2D eigenvalue weighted by molar-refractivity contribution is -0.157. The van der Waals surface area contributed by atoms with Crippen LogP contribution in [0.2, 0.25) is 0 Å². The monoisotopic (exact) mass is 410 g/mol. The van der Waals surface area contributed by atoms with Gasteiger partial charge in [-0.05, 0) is 56.7 Å². The van der Waals surface area contributed by atoms with E-state index in [1.165, 1.54) is 7.11 Å². The molecule has 1 aliphatic heterocycles. The first-order valence-electron chi connectivity index (χ1n) is 9.27. The Morgan fingerprint density at radius 2 is 1.77 bits per heavy atom. The van der Waals surface area contributed by atoms with E-state index >= 15 is 0 Å². The number of rotatable bonds is 5. The zero-order valence-corrected chi connectivity index (χ0v) is 17.2. The van der Waals surface area contributed by atoms with E-state index in [0.717, 1.165) is 0 Å². The van der Waals surface area contributed by atoms with Crippen molar-refractivity contribution in [3.8, 4) is 11.5 Å². The third kappa shape index (κ3) is 5.05. The highest BCUT2D eigenvalue weighted by Crippen LogP contribution is 2.35. The Hall–Kier alpha value is -3.61. The van der Waals surface area contributed by atoms with Gasteiger partial charge in [0.15, 0.2) is 12.4 Å². The van der Waals surface area contributed by atoms with Gasteiger partial charge >= 0.3 is 11.9 Å². The number of carbonyl (C=O) groups is 3. The second kappa shape index (κ2) is 8.41. The molecule has 0 saturated carbocycles. The first-order valence-corrected chi connectivity index (χ1v) is 9.27. The SMILES string of the molecule is COC(=O)c1ccc(C=C2Oc3cc(OCC(=O)OC(C)(C)C)ccc3C2=O)cc1. The fraction of sp³-hybridized carbons (Fsp3) is 0.261. The van der Waals surface area contributed by atoms with E-state index in [4.69, 9.17) is 14.2 Å². The highest BCUT2D eigenvalue weighted by Gasteiger charge is 2.28. The minimum atomic E-state index is -0.595. The Bertz CT molecular complexity index is 1010. The molecule has 7 nitrogen and oxygen atoms in total. The number of esters is 2. The van der Waals surface area contributed by atoms with Crippen LogP contribution in [0.5, 0.6) is 11.5 Å². The summed E-state index contributed by atoms with van der Waals surface area (Å²) in [7, 11) is 1.31. The molecule has 0 atom stereocenters. The number of hydrogen-bond donors (Lipinski definition) is 0. The Labute approximate surface area is 174 Å². The summed E-state index contributed by atoms with van der Waals surface area (Å²) in [5.74, 6) is -0.305. The molecule has 2 aromatic rings. The van der Waals surface area contributed by atoms with Crippen molar-refractivity contribution in [1.82, 2.24) is 0 Å². The molecular weight excluding hydrogens is 388 g/mol. The van der Waals surface area contributed by atoms with Crippen LogP contribution >= 0.6 is 0 Å². The van der Waals surface area contributed by atoms with Gasteiger partial charge in [-0.2, -0.15) is 0 Å². The molecule has 0 amide bonds. The fourth-order valence-electron chi connectivity index (χ4n) is 2.75. The summed E-state index contributed by atoms with van der Waals surface area (Å²) >= 11 is 0. The van der Waals surface area contributed by atoms with Crippen LogP contribution in [0.15, 0.2) is 48.2 Å². The molecule has 1 heterocycles. The van der Waals surface area contributed by atoms with E-state index in [-0.39, 0.29) is 18.1 Å². The third-order valence-corrected chi connectivity index (χ3v) is 4.05. The van der Waals surface area contributed by atoms with Crippen molar-refractivity contribution < 1.29 is 33.3 Å². The van der Waals surface area contributed by atoms with Crippen molar-refractivity contribution in [2.24, 2.45) is 0 Å². The molecule has 3 rings (SSSR count). The van der Waals surface area contributed by atoms with Crippen LogP contribution in [-0.4, -0.2) is 37.0 Å². The Morgan fingerprint density at radius 1 is 1.07 bits per heavy atom. The summed E-state index contributed by atoms with van der Waals surface area (Å²) < 4.78 is 21.0. The maximum atomic E-state index is 12.6. The van der Waals surface area contributed by atoms with Gasteiger partial charge in [-0.1, -0.05) is 12.1 Å². The van der Waals surface area contributed by atoms with E-state index in [9.17, 15) is 14.4 Å². The predicted octanol–water partition coefficient (Wildman–Crippen LogP) is 3.81. The smallest absolute Gasteiger partial charge is 0.344 e. The highest BCUT2D eigenvalue weighted by molar-refractivity contribution is 6.14. The topological polar surface area (TPSA) is 88.1 Å². The number of hydrogen-bond acceptors (Lipinski definition) is 7. The van der Waals surface area contributed by atoms with E-state index in [1.54, 1.807) is 69.3 Å². The average Bonchev–Trinajstić information content (AvgIpc) is 3.00. The predicted molar refractivity (Wildman–Crippen MR) is 108 cm³/mol. The summed E-state index contributed by atoms with van der Waals surface area (Å²) in [6.07, 6.45) is 1.59. The number of ketones is 1. The van der Waals surface area contributed by atoms with Gasteiger partial charge < -0.3 is 18.9 Å². The van der Waals surface area contributed by atoms with Gasteiger partial charge in [0.25, 0.3) is 0 Å². The summed E-state index contributed by atoms with van der Waals surface area (Å²) in [4.78, 5) is 35.9. The zero-order valence-electron chi connectivity index (χ0n) is 17.2. The van der Waals surface area contributed by atoms with Gasteiger partial charge in [-0.25, -0.2) is 9.59 Å². The van der Waals surface area contributed by atoms with Crippen LogP contribution in [0, 0.1) is 0 Å². The second-order valence-electron chi connectivity index (χ2n) is 7.59. The van der Waals surface area contributed by atoms with E-state index in [2.05, 4.69) is 4.74 Å². The van der Waals surface area contributed by atoms with Crippen molar-refractivity contribution in [3.63, 3.8) is 0 Å². The number of allylic oxidation sites excluding steroid dienone is 1. The summed E-state index contributed by atoms with van der Waals surface area (Å²) in [5, 5.41) is 0. The number of fused-ring (bicyclic) bond motifs is 1. The minimum absolute atomic E-state index is 0.153. The lowest BCUT2D eigenvalue weighted by Gasteiger charge is -2.19. The molecule has 0 spiro atoms. The molecule has 156 valence electrons. The lowest BCUT2D eigenvalue weighted by Crippen LogP contribution is -2.27. The molecule has 0 fully saturated rings. The molecule has 0 aromatic heterocycles. The van der Waals surface area contributed by atoms with Crippen LogP contribution in [-0.2, 0) is 14.3 Å². The van der Waals surface area contributed by atoms with Crippen LogP contribution in [0.25, 0.3) is 6.08 Å². The molecule has 2 aromatic carbocycles. The molecule has 0 saturated heterocycles. The zero-order chi connectivity index (χ0) is 21.9. The van der Waals surface area contributed by atoms with Crippen molar-refractivity contribution in [1.29, 1.82) is 0 Å². The van der Waals surface area contributed by atoms with Crippen LogP contribution < -0.4 is 9.47 Å². The summed E-state index contributed by atoms with van der Waals surface area (Å²) in [6, 6.07) is 11.3. The number of ether oxygens (including phenoxy) is 4. The largest absolute Gasteiger partial charge is 0.482 e. The number of carbonyl (C=O) groups excluding carboxylic acids is 3. The molecule has 1 aliphatic rings. The van der Waals surface area contributed by atoms with E-state index < -0.39 is 17.5 Å². The minimum Gasteiger partial charge on any atom is -0.482 e. The van der Waals surface area contributed by atoms with Gasteiger partial charge in [0.05, 0.1) is 18.2 Å². The van der Waals surface area contributed by atoms with Gasteiger partial charge in [-0.15, -0.1) is 0 Å². The Balaban J connectivity index is 1.69. The van der Waals surface area contributed by atoms with Gasteiger partial charge in [-0.3, -0.25) is 4.79 Å². The fourth-order valence-corrected chi connectivity index (χ4v) is 2.75. The Kier molecular flexibility index (Phi) is 5.91. The van der Waals surface area contributed by atoms with Crippen molar-refractivity contribution in [2.75, 3.05) is 13.7 Å². The van der Waals surface area contributed by atoms with Gasteiger partial charge in [0.2, 0.25) is 5.78 Å². The van der Waals surface area contributed by atoms with E-state index in [0.29, 0.717) is 28.2 Å². The van der Waals surface area contributed by atoms with Crippen molar-refractivity contribution in [3.05, 3.63) is 64.9 Å². The normalized spacial score (nSPS) is 14.1. The standard InChI is InChI=1S/C23H22O7/c1-23(2,3)30-20(24)13-28-16-9-10-17-18(12-16)29-19(21(17)25)11-14-5-7-15(8-6-14)22(26)27-4/h5-12H,13H2,1-4H3. The van der Waals surface area contributed by atoms with E-state index in [1.807, 2.05) is 0 Å². The number of benzene rings is 2. The molecular formula is C23H22O7.